The zero-order valence-electron chi connectivity index (χ0n) is 17.9. The summed E-state index contributed by atoms with van der Waals surface area (Å²) in [7, 11) is 0. The van der Waals surface area contributed by atoms with Crippen molar-refractivity contribution in [2.75, 3.05) is 26.1 Å². The molecule has 0 amide bonds. The Bertz CT molecular complexity index is 908. The second-order valence-electron chi connectivity index (χ2n) is 8.20. The molecule has 0 spiro atoms. The highest BCUT2D eigenvalue weighted by atomic mass is 35.5. The van der Waals surface area contributed by atoms with Gasteiger partial charge in [0.05, 0.1) is 13.2 Å². The maximum atomic E-state index is 10.8. The van der Waals surface area contributed by atoms with Crippen LogP contribution in [0.2, 0.25) is 5.02 Å². The van der Waals surface area contributed by atoms with Crippen molar-refractivity contribution in [1.29, 1.82) is 0 Å². The van der Waals surface area contributed by atoms with Crippen molar-refractivity contribution in [2.45, 2.75) is 54.7 Å². The van der Waals surface area contributed by atoms with E-state index < -0.39 is 30.5 Å². The minimum Gasteiger partial charge on any atom is -0.493 e. The number of thioether (sulfide) groups is 1. The van der Waals surface area contributed by atoms with Gasteiger partial charge in [-0.2, -0.15) is 0 Å². The van der Waals surface area contributed by atoms with E-state index in [0.29, 0.717) is 36.0 Å². The largest absolute Gasteiger partial charge is 0.493 e. The van der Waals surface area contributed by atoms with Gasteiger partial charge in [0.1, 0.15) is 36.3 Å². The number of aliphatic hydroxyl groups excluding tert-OH is 3. The summed E-state index contributed by atoms with van der Waals surface area (Å²) in [5.74, 6) is 0.518. The van der Waals surface area contributed by atoms with Gasteiger partial charge in [0.15, 0.2) is 0 Å². The molecule has 5 unspecified atom stereocenters. The lowest BCUT2D eigenvalue weighted by Gasteiger charge is -2.41. The van der Waals surface area contributed by atoms with Crippen LogP contribution in [0.25, 0.3) is 0 Å². The molecule has 8 heteroatoms. The second kappa shape index (κ2) is 10.7. The van der Waals surface area contributed by atoms with Crippen LogP contribution < -0.4 is 4.74 Å². The maximum Gasteiger partial charge on any atom is 0.126 e. The quantitative estimate of drug-likeness (QED) is 0.580. The van der Waals surface area contributed by atoms with Crippen LogP contribution in [0.5, 0.6) is 5.75 Å². The van der Waals surface area contributed by atoms with E-state index in [2.05, 4.69) is 24.3 Å². The number of aliphatic hydroxyl groups is 3. The van der Waals surface area contributed by atoms with E-state index in [-0.39, 0.29) is 6.61 Å². The lowest BCUT2D eigenvalue weighted by atomic mass is 9.89. The van der Waals surface area contributed by atoms with Crippen LogP contribution >= 0.6 is 23.4 Å². The molecule has 0 radical (unpaired) electrons. The first-order valence-corrected chi connectivity index (χ1v) is 12.4. The molecule has 32 heavy (non-hydrogen) atoms. The van der Waals surface area contributed by atoms with E-state index >= 15 is 0 Å². The monoisotopic (exact) mass is 480 g/mol. The fourth-order valence-electron chi connectivity index (χ4n) is 4.10. The van der Waals surface area contributed by atoms with Gasteiger partial charge in [0, 0.05) is 22.1 Å². The average Bonchev–Trinajstić information content (AvgIpc) is 2.79. The van der Waals surface area contributed by atoms with Crippen molar-refractivity contribution in [3.8, 4) is 5.75 Å². The number of halogens is 1. The minimum absolute atomic E-state index is 0.139. The standard InChI is InChI=1S/C24H29ClO6S/c1-32-16-6-4-14(5-7-16)10-15-11-17-19(12-18(15)25)30-9-3-2-8-29-13-20-21(26)22(27)23(28)24(17)31-20/h4-7,11-12,20-24,26-28H,2-3,8-10,13H2,1H3. The molecule has 2 aromatic rings. The smallest absolute Gasteiger partial charge is 0.126 e. The summed E-state index contributed by atoms with van der Waals surface area (Å²) in [4.78, 5) is 1.19. The molecular formula is C24H29ClO6S. The van der Waals surface area contributed by atoms with Crippen LogP contribution in [0.1, 0.15) is 35.6 Å². The van der Waals surface area contributed by atoms with Gasteiger partial charge in [-0.05, 0) is 60.9 Å². The van der Waals surface area contributed by atoms with E-state index in [4.69, 9.17) is 25.8 Å². The number of fused-ring (bicyclic) bond motifs is 4. The molecule has 1 fully saturated rings. The number of hydrogen-bond donors (Lipinski definition) is 3. The molecule has 5 atom stereocenters. The van der Waals surface area contributed by atoms with Gasteiger partial charge in [0.2, 0.25) is 0 Å². The van der Waals surface area contributed by atoms with Gasteiger partial charge in [-0.3, -0.25) is 0 Å². The van der Waals surface area contributed by atoms with Crippen molar-refractivity contribution < 1.29 is 29.5 Å². The Kier molecular flexibility index (Phi) is 8.00. The molecule has 3 N–H and O–H groups in total. The SMILES string of the molecule is CSc1ccc(Cc2cc3c(cc2Cl)OCCCCOCC2OC3C(O)C(O)C2O)cc1. The summed E-state index contributed by atoms with van der Waals surface area (Å²) >= 11 is 8.31. The third kappa shape index (κ3) is 5.25. The summed E-state index contributed by atoms with van der Waals surface area (Å²) in [5, 5.41) is 32.2. The number of rotatable bonds is 3. The normalized spacial score (nSPS) is 28.7. The topological polar surface area (TPSA) is 88.4 Å². The van der Waals surface area contributed by atoms with Gasteiger partial charge in [-0.25, -0.2) is 0 Å². The Morgan fingerprint density at radius 2 is 1.75 bits per heavy atom. The summed E-state index contributed by atoms with van der Waals surface area (Å²) in [5.41, 5.74) is 2.57. The van der Waals surface area contributed by atoms with E-state index in [1.807, 2.05) is 12.3 Å². The lowest BCUT2D eigenvalue weighted by molar-refractivity contribution is -0.235. The minimum atomic E-state index is -1.36. The first-order chi connectivity index (χ1) is 15.5. The van der Waals surface area contributed by atoms with E-state index in [1.54, 1.807) is 17.8 Å². The fourth-order valence-corrected chi connectivity index (χ4v) is 4.73. The van der Waals surface area contributed by atoms with Crippen molar-refractivity contribution in [3.63, 3.8) is 0 Å². The molecule has 0 aliphatic carbocycles. The first kappa shape index (κ1) is 23.8. The van der Waals surface area contributed by atoms with Crippen molar-refractivity contribution in [1.82, 2.24) is 0 Å². The first-order valence-electron chi connectivity index (χ1n) is 10.8. The summed E-state index contributed by atoms with van der Waals surface area (Å²) < 4.78 is 17.7. The predicted octanol–water partition coefficient (Wildman–Crippen LogP) is 3.36. The van der Waals surface area contributed by atoms with E-state index in [0.717, 1.165) is 24.0 Å². The van der Waals surface area contributed by atoms with Crippen LogP contribution in [0.3, 0.4) is 0 Å². The maximum absolute atomic E-state index is 10.8. The molecule has 1 saturated heterocycles. The Morgan fingerprint density at radius 3 is 2.50 bits per heavy atom. The fraction of sp³-hybridized carbons (Fsp3) is 0.500. The molecule has 2 aromatic carbocycles. The van der Waals surface area contributed by atoms with Crippen LogP contribution in [0, 0.1) is 0 Å². The summed E-state index contributed by atoms with van der Waals surface area (Å²) in [6.45, 7) is 1.11. The Hall–Kier alpha value is -1.32. The van der Waals surface area contributed by atoms with Crippen LogP contribution in [-0.4, -0.2) is 65.8 Å². The summed E-state index contributed by atoms with van der Waals surface area (Å²) in [6, 6.07) is 11.9. The van der Waals surface area contributed by atoms with Crippen molar-refractivity contribution >= 4 is 23.4 Å². The van der Waals surface area contributed by atoms with Gasteiger partial charge in [0.25, 0.3) is 0 Å². The van der Waals surface area contributed by atoms with E-state index in [1.165, 1.54) is 4.90 Å². The van der Waals surface area contributed by atoms with Gasteiger partial charge in [-0.1, -0.05) is 23.7 Å². The second-order valence-corrected chi connectivity index (χ2v) is 9.49. The Balaban J connectivity index is 1.70. The molecule has 6 nitrogen and oxygen atoms in total. The molecule has 2 aliphatic heterocycles. The molecule has 2 bridgehead atoms. The molecule has 2 aliphatic rings. The molecular weight excluding hydrogens is 452 g/mol. The zero-order chi connectivity index (χ0) is 22.7. The highest BCUT2D eigenvalue weighted by Crippen LogP contribution is 2.40. The zero-order valence-corrected chi connectivity index (χ0v) is 19.5. The van der Waals surface area contributed by atoms with Gasteiger partial charge in [-0.15, -0.1) is 11.8 Å². The number of ether oxygens (including phenoxy) is 3. The predicted molar refractivity (Wildman–Crippen MR) is 124 cm³/mol. The summed E-state index contributed by atoms with van der Waals surface area (Å²) in [6.07, 6.45) is -1.34. The highest BCUT2D eigenvalue weighted by molar-refractivity contribution is 7.98. The Labute approximate surface area is 197 Å². The molecule has 174 valence electrons. The third-order valence-corrected chi connectivity index (χ3v) is 7.07. The highest BCUT2D eigenvalue weighted by Gasteiger charge is 2.45. The Morgan fingerprint density at radius 1 is 1.00 bits per heavy atom. The lowest BCUT2D eigenvalue weighted by Crippen LogP contribution is -2.55. The van der Waals surface area contributed by atoms with Crippen molar-refractivity contribution in [2.24, 2.45) is 0 Å². The molecule has 0 saturated carbocycles. The molecule has 0 aromatic heterocycles. The number of benzene rings is 2. The number of hydrogen-bond acceptors (Lipinski definition) is 7. The van der Waals surface area contributed by atoms with Crippen LogP contribution in [0.15, 0.2) is 41.3 Å². The third-order valence-electron chi connectivity index (χ3n) is 5.97. The molecule has 2 heterocycles. The molecule has 4 rings (SSSR count). The van der Waals surface area contributed by atoms with Gasteiger partial charge < -0.3 is 29.5 Å². The van der Waals surface area contributed by atoms with E-state index in [9.17, 15) is 15.3 Å². The average molecular weight is 481 g/mol. The van der Waals surface area contributed by atoms with Crippen LogP contribution in [-0.2, 0) is 15.9 Å². The van der Waals surface area contributed by atoms with Crippen molar-refractivity contribution in [3.05, 3.63) is 58.1 Å². The van der Waals surface area contributed by atoms with Crippen LogP contribution in [0.4, 0.5) is 0 Å². The van der Waals surface area contributed by atoms with Gasteiger partial charge >= 0.3 is 0 Å².